The normalized spacial score (nSPS) is 10.2. The van der Waals surface area contributed by atoms with E-state index in [-0.39, 0.29) is 5.78 Å². The summed E-state index contributed by atoms with van der Waals surface area (Å²) in [6.07, 6.45) is 3.48. The van der Waals surface area contributed by atoms with E-state index in [1.807, 2.05) is 19.1 Å². The molecule has 0 aliphatic carbocycles. The van der Waals surface area contributed by atoms with Gasteiger partial charge in [-0.3, -0.25) is 4.79 Å². The first kappa shape index (κ1) is 11.5. The topological polar surface area (TPSA) is 39.4 Å². The molecule has 88 valence electrons. The van der Waals surface area contributed by atoms with E-state index < -0.39 is 0 Å². The van der Waals surface area contributed by atoms with Crippen molar-refractivity contribution < 1.29 is 13.9 Å². The number of ketones is 1. The average molecular weight is 230 g/mol. The molecule has 0 aliphatic rings. The largest absolute Gasteiger partial charge is 0.496 e. The maximum atomic E-state index is 12.1. The van der Waals surface area contributed by atoms with Crippen molar-refractivity contribution in [2.45, 2.75) is 13.3 Å². The number of carbonyl (C=O) groups is 1. The van der Waals surface area contributed by atoms with Crippen LogP contribution in [-0.4, -0.2) is 12.9 Å². The molecule has 0 fully saturated rings. The second kappa shape index (κ2) is 4.87. The molecule has 0 amide bonds. The summed E-state index contributed by atoms with van der Waals surface area (Å²) in [4.78, 5) is 12.1. The number of ether oxygens (including phenoxy) is 1. The average Bonchev–Trinajstić information content (AvgIpc) is 2.81. The zero-order valence-corrected chi connectivity index (χ0v) is 9.90. The second-order valence-corrected chi connectivity index (χ2v) is 3.94. The highest BCUT2D eigenvalue weighted by atomic mass is 16.5. The first-order valence-electron chi connectivity index (χ1n) is 5.39. The standard InChI is InChI=1S/C14H14O3/c1-10-3-4-12(14(7-10)16-2)13(15)8-11-5-6-17-9-11/h3-7,9H,8H2,1-2H3. The SMILES string of the molecule is COc1cc(C)ccc1C(=O)Cc1ccoc1. The van der Waals surface area contributed by atoms with E-state index >= 15 is 0 Å². The van der Waals surface area contributed by atoms with E-state index in [0.717, 1.165) is 11.1 Å². The molecule has 17 heavy (non-hydrogen) atoms. The molecule has 0 bridgehead atoms. The molecule has 2 aromatic rings. The fraction of sp³-hybridized carbons (Fsp3) is 0.214. The van der Waals surface area contributed by atoms with Crippen LogP contribution in [0.1, 0.15) is 21.5 Å². The maximum absolute atomic E-state index is 12.1. The summed E-state index contributed by atoms with van der Waals surface area (Å²) in [5.41, 5.74) is 2.55. The zero-order valence-electron chi connectivity index (χ0n) is 9.90. The van der Waals surface area contributed by atoms with Crippen molar-refractivity contribution in [2.24, 2.45) is 0 Å². The maximum Gasteiger partial charge on any atom is 0.171 e. The number of furan rings is 1. The van der Waals surface area contributed by atoms with Crippen LogP contribution in [0, 0.1) is 6.92 Å². The molecule has 0 saturated heterocycles. The molecule has 0 spiro atoms. The quantitative estimate of drug-likeness (QED) is 0.758. The second-order valence-electron chi connectivity index (χ2n) is 3.94. The molecule has 1 aromatic carbocycles. The van der Waals surface area contributed by atoms with E-state index in [9.17, 15) is 4.79 Å². The summed E-state index contributed by atoms with van der Waals surface area (Å²) in [7, 11) is 1.57. The molecule has 2 rings (SSSR count). The summed E-state index contributed by atoms with van der Waals surface area (Å²) in [5, 5.41) is 0. The third-order valence-electron chi connectivity index (χ3n) is 2.60. The number of hydrogen-bond acceptors (Lipinski definition) is 3. The van der Waals surface area contributed by atoms with Gasteiger partial charge >= 0.3 is 0 Å². The summed E-state index contributed by atoms with van der Waals surface area (Å²) >= 11 is 0. The van der Waals surface area contributed by atoms with Crippen LogP contribution in [0.2, 0.25) is 0 Å². The monoisotopic (exact) mass is 230 g/mol. The van der Waals surface area contributed by atoms with Crippen molar-refractivity contribution in [1.29, 1.82) is 0 Å². The number of rotatable bonds is 4. The third-order valence-corrected chi connectivity index (χ3v) is 2.60. The van der Waals surface area contributed by atoms with Crippen LogP contribution in [0.3, 0.4) is 0 Å². The van der Waals surface area contributed by atoms with Gasteiger partial charge in [0.1, 0.15) is 5.75 Å². The van der Waals surface area contributed by atoms with Gasteiger partial charge in [0.05, 0.1) is 25.2 Å². The molecule has 1 heterocycles. The first-order valence-corrected chi connectivity index (χ1v) is 5.39. The van der Waals surface area contributed by atoms with Crippen LogP contribution in [0.5, 0.6) is 5.75 Å². The minimum Gasteiger partial charge on any atom is -0.496 e. The lowest BCUT2D eigenvalue weighted by Crippen LogP contribution is -2.05. The Bertz CT molecular complexity index is 512. The minimum absolute atomic E-state index is 0.0308. The highest BCUT2D eigenvalue weighted by Crippen LogP contribution is 2.21. The van der Waals surface area contributed by atoms with Gasteiger partial charge in [0.15, 0.2) is 5.78 Å². The first-order chi connectivity index (χ1) is 8.20. The van der Waals surface area contributed by atoms with Crippen molar-refractivity contribution in [2.75, 3.05) is 7.11 Å². The predicted octanol–water partition coefficient (Wildman–Crippen LogP) is 3.02. The summed E-state index contributed by atoms with van der Waals surface area (Å²) < 4.78 is 10.2. The van der Waals surface area contributed by atoms with Crippen molar-refractivity contribution in [3.63, 3.8) is 0 Å². The Hall–Kier alpha value is -2.03. The third kappa shape index (κ3) is 2.56. The minimum atomic E-state index is 0.0308. The summed E-state index contributed by atoms with van der Waals surface area (Å²) in [6.45, 7) is 1.97. The number of Topliss-reactive ketones (excluding diaryl/α,β-unsaturated/α-hetero) is 1. The van der Waals surface area contributed by atoms with Gasteiger partial charge in [-0.05, 0) is 36.2 Å². The molecule has 3 heteroatoms. The molecular weight excluding hydrogens is 216 g/mol. The molecule has 0 unspecified atom stereocenters. The Labute approximate surface area is 100 Å². The van der Waals surface area contributed by atoms with Crippen LogP contribution in [0.15, 0.2) is 41.2 Å². The number of aryl methyl sites for hydroxylation is 1. The zero-order chi connectivity index (χ0) is 12.3. The molecule has 0 saturated carbocycles. The van der Waals surface area contributed by atoms with Gasteiger partial charge in [0, 0.05) is 6.42 Å². The van der Waals surface area contributed by atoms with Crippen LogP contribution >= 0.6 is 0 Å². The highest BCUT2D eigenvalue weighted by molar-refractivity contribution is 6.00. The summed E-state index contributed by atoms with van der Waals surface area (Å²) in [6, 6.07) is 7.36. The predicted molar refractivity (Wildman–Crippen MR) is 64.5 cm³/mol. The molecule has 0 aliphatic heterocycles. The molecular formula is C14H14O3. The van der Waals surface area contributed by atoms with E-state index in [1.54, 1.807) is 31.8 Å². The van der Waals surface area contributed by atoms with Gasteiger partial charge in [-0.1, -0.05) is 6.07 Å². The molecule has 0 radical (unpaired) electrons. The lowest BCUT2D eigenvalue weighted by atomic mass is 10.0. The van der Waals surface area contributed by atoms with Crippen molar-refractivity contribution in [1.82, 2.24) is 0 Å². The number of hydrogen-bond donors (Lipinski definition) is 0. The molecule has 1 aromatic heterocycles. The fourth-order valence-electron chi connectivity index (χ4n) is 1.70. The van der Waals surface area contributed by atoms with Gasteiger partial charge in [-0.15, -0.1) is 0 Å². The molecule has 3 nitrogen and oxygen atoms in total. The van der Waals surface area contributed by atoms with Gasteiger partial charge in [-0.2, -0.15) is 0 Å². The van der Waals surface area contributed by atoms with Gasteiger partial charge < -0.3 is 9.15 Å². The van der Waals surface area contributed by atoms with Crippen LogP contribution in [0.4, 0.5) is 0 Å². The van der Waals surface area contributed by atoms with Crippen LogP contribution in [0.25, 0.3) is 0 Å². The Balaban J connectivity index is 2.24. The van der Waals surface area contributed by atoms with Crippen molar-refractivity contribution in [3.8, 4) is 5.75 Å². The van der Waals surface area contributed by atoms with Crippen LogP contribution < -0.4 is 4.74 Å². The highest BCUT2D eigenvalue weighted by Gasteiger charge is 2.13. The van der Waals surface area contributed by atoms with Crippen molar-refractivity contribution in [3.05, 3.63) is 53.5 Å². The Morgan fingerprint density at radius 2 is 2.18 bits per heavy atom. The van der Waals surface area contributed by atoms with E-state index in [2.05, 4.69) is 0 Å². The Morgan fingerprint density at radius 1 is 1.35 bits per heavy atom. The number of methoxy groups -OCH3 is 1. The van der Waals surface area contributed by atoms with Gasteiger partial charge in [0.2, 0.25) is 0 Å². The fourth-order valence-corrected chi connectivity index (χ4v) is 1.70. The molecule has 0 N–H and O–H groups in total. The Kier molecular flexibility index (Phi) is 3.28. The smallest absolute Gasteiger partial charge is 0.171 e. The van der Waals surface area contributed by atoms with E-state index in [4.69, 9.17) is 9.15 Å². The van der Waals surface area contributed by atoms with Crippen LogP contribution in [-0.2, 0) is 6.42 Å². The lowest BCUT2D eigenvalue weighted by molar-refractivity contribution is 0.0990. The number of carbonyl (C=O) groups excluding carboxylic acids is 1. The van der Waals surface area contributed by atoms with Gasteiger partial charge in [-0.25, -0.2) is 0 Å². The number of benzene rings is 1. The lowest BCUT2D eigenvalue weighted by Gasteiger charge is -2.07. The van der Waals surface area contributed by atoms with E-state index in [0.29, 0.717) is 17.7 Å². The van der Waals surface area contributed by atoms with E-state index in [1.165, 1.54) is 0 Å². The summed E-state index contributed by atoms with van der Waals surface area (Å²) in [5.74, 6) is 0.654. The van der Waals surface area contributed by atoms with Crippen molar-refractivity contribution >= 4 is 5.78 Å². The Morgan fingerprint density at radius 3 is 2.82 bits per heavy atom. The molecule has 0 atom stereocenters. The van der Waals surface area contributed by atoms with Gasteiger partial charge in [0.25, 0.3) is 0 Å².